The first-order valence-electron chi connectivity index (χ1n) is 18.4. The summed E-state index contributed by atoms with van der Waals surface area (Å²) in [5.41, 5.74) is 6.19. The molecule has 0 spiro atoms. The van der Waals surface area contributed by atoms with Gasteiger partial charge < -0.3 is 6.42 Å². The predicted molar refractivity (Wildman–Crippen MR) is 179 cm³/mol. The Morgan fingerprint density at radius 3 is 1.02 bits per heavy atom. The first kappa shape index (κ1) is 31.8. The molecule has 0 aliphatic heterocycles. The van der Waals surface area contributed by atoms with Crippen molar-refractivity contribution in [2.24, 2.45) is 22.7 Å². The minimum absolute atomic E-state index is 0.224. The van der Waals surface area contributed by atoms with Gasteiger partial charge in [-0.2, -0.15) is 0 Å². The zero-order valence-corrected chi connectivity index (χ0v) is 30.1. The number of hydrogen-bond donors (Lipinski definition) is 0. The molecule has 0 heterocycles. The van der Waals surface area contributed by atoms with Gasteiger partial charge in [-0.1, -0.05) is 51.4 Å². The standard InChI is InChI=1S/C36H61P2.ClH.Pd/c1-5-13-31(14-6-1)37(32-15-7-2-8-16-32)27-35-22-29-21-30(23-35)25-36(24-29,26-35)28-38(33-17-9-3-10-18-33)34-19-11-4-12-20-34;;/h26,29-34H,1-25,27-28H2;1H;/q-1;;+2/p+1. The van der Waals surface area contributed by atoms with Crippen LogP contribution in [0, 0.1) is 29.1 Å². The molecule has 8 aliphatic rings. The van der Waals surface area contributed by atoms with Crippen LogP contribution in [-0.2, 0) is 18.2 Å². The SMILES string of the molecule is [CH-]1C2(C[PH+](C3CCCCC3)C3CCCCC3)CC3CC(C2)CC1(C[PH+](C1CCCCC1)C1CCCCC1)C3.[Cl][Pd+]. The average molecular weight is 700 g/mol. The van der Waals surface area contributed by atoms with Crippen LogP contribution in [0.25, 0.3) is 0 Å². The normalized spacial score (nSPS) is 38.1. The summed E-state index contributed by atoms with van der Waals surface area (Å²) in [6.07, 6.45) is 46.9. The van der Waals surface area contributed by atoms with Gasteiger partial charge in [-0.15, -0.1) is 10.8 Å². The van der Waals surface area contributed by atoms with E-state index in [-0.39, 0.29) is 15.8 Å². The zero-order valence-electron chi connectivity index (χ0n) is 25.8. The second-order valence-corrected chi connectivity index (χ2v) is 22.8. The zero-order chi connectivity index (χ0) is 27.4. The Morgan fingerprint density at radius 2 is 0.750 bits per heavy atom. The van der Waals surface area contributed by atoms with E-state index >= 15 is 0 Å². The van der Waals surface area contributed by atoms with Crippen molar-refractivity contribution in [3.05, 3.63) is 6.42 Å². The first-order chi connectivity index (χ1) is 19.7. The van der Waals surface area contributed by atoms with E-state index in [0.717, 1.165) is 11.8 Å². The molecule has 40 heavy (non-hydrogen) atoms. The third kappa shape index (κ3) is 7.44. The molecule has 0 radical (unpaired) electrons. The molecular weight excluding hydrogens is 636 g/mol. The van der Waals surface area contributed by atoms with Gasteiger partial charge in [0.1, 0.15) is 0 Å². The molecule has 8 fully saturated rings. The van der Waals surface area contributed by atoms with Crippen molar-refractivity contribution in [1.29, 1.82) is 0 Å². The molecular formula is C36H63ClP2Pd+2. The Labute approximate surface area is 266 Å². The summed E-state index contributed by atoms with van der Waals surface area (Å²) in [5, 5.41) is 0. The van der Waals surface area contributed by atoms with Crippen molar-refractivity contribution in [2.45, 2.75) is 183 Å². The number of rotatable bonds is 8. The first-order valence-corrected chi connectivity index (χ1v) is 24.1. The van der Waals surface area contributed by atoms with Crippen LogP contribution >= 0.6 is 25.4 Å². The van der Waals surface area contributed by atoms with Crippen molar-refractivity contribution in [1.82, 2.24) is 0 Å². The summed E-state index contributed by atoms with van der Waals surface area (Å²) >= 11 is 2.22. The molecule has 0 unspecified atom stereocenters. The van der Waals surface area contributed by atoms with Crippen LogP contribution in [0.5, 0.6) is 0 Å². The van der Waals surface area contributed by atoms with Crippen molar-refractivity contribution in [3.63, 3.8) is 0 Å². The molecule has 0 aromatic carbocycles. The molecule has 4 bridgehead atoms. The van der Waals surface area contributed by atoms with Crippen molar-refractivity contribution in [2.75, 3.05) is 12.3 Å². The maximum atomic E-state index is 4.49. The van der Waals surface area contributed by atoms with E-state index in [1.54, 1.807) is 173 Å². The summed E-state index contributed by atoms with van der Waals surface area (Å²) in [5.74, 6) is 2.24. The average Bonchev–Trinajstić information content (AvgIpc) is 3.01. The summed E-state index contributed by atoms with van der Waals surface area (Å²) in [4.78, 5) is 0. The monoisotopic (exact) mass is 698 g/mol. The van der Waals surface area contributed by atoms with Crippen LogP contribution in [0.4, 0.5) is 0 Å². The van der Waals surface area contributed by atoms with Gasteiger partial charge in [-0.05, 0) is 121 Å². The van der Waals surface area contributed by atoms with Crippen molar-refractivity contribution >= 4 is 25.4 Å². The molecule has 0 nitrogen and oxygen atoms in total. The molecule has 8 aliphatic carbocycles. The quantitative estimate of drug-likeness (QED) is 0.134. The Kier molecular flexibility index (Phi) is 11.9. The van der Waals surface area contributed by atoms with Gasteiger partial charge in [0.05, 0.1) is 22.6 Å². The fourth-order valence-electron chi connectivity index (χ4n) is 12.6. The van der Waals surface area contributed by atoms with Crippen LogP contribution in [0.2, 0.25) is 0 Å². The maximum absolute atomic E-state index is 4.49. The van der Waals surface area contributed by atoms with E-state index in [2.05, 4.69) is 34.1 Å². The Bertz CT molecular complexity index is 655. The molecule has 0 aromatic heterocycles. The Morgan fingerprint density at radius 1 is 0.475 bits per heavy atom. The third-order valence-electron chi connectivity index (χ3n) is 13.7. The molecule has 0 amide bonds. The number of hydrogen-bond acceptors (Lipinski definition) is 0. The van der Waals surface area contributed by atoms with E-state index in [0.29, 0.717) is 10.8 Å². The summed E-state index contributed by atoms with van der Waals surface area (Å²) in [6, 6.07) is 0. The molecule has 0 N–H and O–H groups in total. The van der Waals surface area contributed by atoms with Crippen molar-refractivity contribution < 1.29 is 18.2 Å². The van der Waals surface area contributed by atoms with E-state index < -0.39 is 0 Å². The fourth-order valence-corrected chi connectivity index (χ4v) is 22.1. The molecule has 0 saturated heterocycles. The predicted octanol–water partition coefficient (Wildman–Crippen LogP) is 11.8. The Balaban J connectivity index is 0.00000142. The fraction of sp³-hybridized carbons (Fsp3) is 0.972. The van der Waals surface area contributed by atoms with Gasteiger partial charge >= 0.3 is 27.7 Å². The van der Waals surface area contributed by atoms with Crippen LogP contribution < -0.4 is 0 Å². The van der Waals surface area contributed by atoms with Crippen LogP contribution in [0.3, 0.4) is 0 Å². The van der Waals surface area contributed by atoms with Gasteiger partial charge in [0.25, 0.3) is 0 Å². The summed E-state index contributed by atoms with van der Waals surface area (Å²) in [6.45, 7) is 0. The third-order valence-corrected chi connectivity index (χ3v) is 22.4. The van der Waals surface area contributed by atoms with Crippen molar-refractivity contribution in [3.8, 4) is 0 Å². The number of halogens is 1. The molecule has 0 aromatic rings. The van der Waals surface area contributed by atoms with Crippen LogP contribution in [0.1, 0.15) is 161 Å². The van der Waals surface area contributed by atoms with Gasteiger partial charge in [0.15, 0.2) is 0 Å². The second-order valence-electron chi connectivity index (χ2n) is 16.5. The van der Waals surface area contributed by atoms with E-state index in [1.165, 1.54) is 22.6 Å². The molecule has 232 valence electrons. The van der Waals surface area contributed by atoms with E-state index in [4.69, 9.17) is 0 Å². The topological polar surface area (TPSA) is 0 Å². The van der Waals surface area contributed by atoms with E-state index in [9.17, 15) is 0 Å². The minimum atomic E-state index is -0.224. The molecule has 4 heteroatoms. The van der Waals surface area contributed by atoms with Gasteiger partial charge in [-0.25, -0.2) is 0 Å². The Hall–Kier alpha value is 1.81. The second kappa shape index (κ2) is 14.9. The molecule has 8 rings (SSSR count). The van der Waals surface area contributed by atoms with Crippen LogP contribution in [-0.4, -0.2) is 35.0 Å². The summed E-state index contributed by atoms with van der Waals surface area (Å²) in [7, 11) is 4.04. The molecule has 0 atom stereocenters. The van der Waals surface area contributed by atoms with Gasteiger partial charge in [-0.3, -0.25) is 0 Å². The van der Waals surface area contributed by atoms with Crippen LogP contribution in [0.15, 0.2) is 0 Å². The summed E-state index contributed by atoms with van der Waals surface area (Å²) < 4.78 is 0. The van der Waals surface area contributed by atoms with Gasteiger partial charge in [0, 0.05) is 28.2 Å². The van der Waals surface area contributed by atoms with Gasteiger partial charge in [0.2, 0.25) is 0 Å². The van der Waals surface area contributed by atoms with E-state index in [1.807, 2.05) is 0 Å². The molecule has 8 saturated carbocycles.